The maximum atomic E-state index is 13.0. The number of hydrogen-bond donors (Lipinski definition) is 2. The molecule has 7 atom stereocenters. The summed E-state index contributed by atoms with van der Waals surface area (Å²) in [7, 11) is 0. The monoisotopic (exact) mass is 307 g/mol. The third-order valence-corrected chi connectivity index (χ3v) is 7.36. The first-order chi connectivity index (χ1) is 10.5. The van der Waals surface area contributed by atoms with E-state index >= 15 is 0 Å². The second kappa shape index (κ2) is 5.20. The van der Waals surface area contributed by atoms with Crippen molar-refractivity contribution in [1.29, 1.82) is 0 Å². The summed E-state index contributed by atoms with van der Waals surface area (Å²) in [6, 6.07) is 0. The molecule has 4 rings (SSSR count). The maximum Gasteiger partial charge on any atom is 0.228 e. The zero-order valence-corrected chi connectivity index (χ0v) is 13.6. The second-order valence-corrected chi connectivity index (χ2v) is 8.41. The third kappa shape index (κ3) is 1.99. The van der Waals surface area contributed by atoms with Crippen LogP contribution in [-0.4, -0.2) is 39.9 Å². The fourth-order valence-corrected chi connectivity index (χ4v) is 6.29. The number of aliphatic hydroxyl groups excluding tert-OH is 1. The fourth-order valence-electron chi connectivity index (χ4n) is 6.29. The Bertz CT molecular complexity index is 463. The van der Waals surface area contributed by atoms with Gasteiger partial charge in [-0.05, 0) is 62.7 Å². The van der Waals surface area contributed by atoms with Crippen molar-refractivity contribution in [2.45, 2.75) is 57.6 Å². The highest BCUT2D eigenvalue weighted by molar-refractivity contribution is 5.83. The summed E-state index contributed by atoms with van der Waals surface area (Å²) in [5.74, 6) is 2.13. The summed E-state index contributed by atoms with van der Waals surface area (Å²) in [6.45, 7) is 2.73. The van der Waals surface area contributed by atoms with E-state index in [-0.39, 0.29) is 24.3 Å². The molecular weight excluding hydrogens is 278 g/mol. The molecule has 7 unspecified atom stereocenters. The number of likely N-dealkylation sites (tertiary alicyclic amines) is 1. The standard InChI is InChI=1S/C18H29NO3/c1-18(22)16-12-7-6-11(8-12)15(16)17(21)19(18)9-13-4-2-3-5-14(13)10-20/h11-16,20,22H,2-10H2,1H3. The molecule has 1 saturated heterocycles. The number of amides is 1. The van der Waals surface area contributed by atoms with Crippen molar-refractivity contribution in [3.63, 3.8) is 0 Å². The van der Waals surface area contributed by atoms with E-state index in [0.29, 0.717) is 30.2 Å². The van der Waals surface area contributed by atoms with Crippen molar-refractivity contribution in [3.05, 3.63) is 0 Å². The highest BCUT2D eigenvalue weighted by Gasteiger charge is 2.65. The zero-order valence-electron chi connectivity index (χ0n) is 13.6. The molecule has 4 fully saturated rings. The summed E-state index contributed by atoms with van der Waals surface area (Å²) in [5.41, 5.74) is -0.973. The van der Waals surface area contributed by atoms with Crippen molar-refractivity contribution < 1.29 is 15.0 Å². The molecule has 0 spiro atoms. The van der Waals surface area contributed by atoms with Gasteiger partial charge in [0.25, 0.3) is 0 Å². The van der Waals surface area contributed by atoms with Gasteiger partial charge in [-0.2, -0.15) is 0 Å². The minimum Gasteiger partial charge on any atom is -0.396 e. The highest BCUT2D eigenvalue weighted by atomic mass is 16.3. The Hall–Kier alpha value is -0.610. The van der Waals surface area contributed by atoms with Gasteiger partial charge >= 0.3 is 0 Å². The summed E-state index contributed by atoms with van der Waals surface area (Å²) in [5, 5.41) is 20.8. The fraction of sp³-hybridized carbons (Fsp3) is 0.944. The lowest BCUT2D eigenvalue weighted by atomic mass is 9.77. The van der Waals surface area contributed by atoms with Crippen LogP contribution in [0.5, 0.6) is 0 Å². The van der Waals surface area contributed by atoms with E-state index in [1.807, 2.05) is 6.92 Å². The quantitative estimate of drug-likeness (QED) is 0.838. The number of nitrogens with zero attached hydrogens (tertiary/aromatic N) is 1. The van der Waals surface area contributed by atoms with Gasteiger partial charge in [-0.1, -0.05) is 12.8 Å². The van der Waals surface area contributed by atoms with Crippen LogP contribution in [0.3, 0.4) is 0 Å². The van der Waals surface area contributed by atoms with E-state index in [0.717, 1.165) is 19.3 Å². The molecule has 0 aromatic heterocycles. The van der Waals surface area contributed by atoms with E-state index in [9.17, 15) is 15.0 Å². The molecular formula is C18H29NO3. The first-order valence-corrected chi connectivity index (χ1v) is 9.18. The zero-order chi connectivity index (χ0) is 15.5. The Morgan fingerprint density at radius 1 is 1.14 bits per heavy atom. The molecule has 22 heavy (non-hydrogen) atoms. The summed E-state index contributed by atoms with van der Waals surface area (Å²) < 4.78 is 0. The molecule has 0 aromatic carbocycles. The normalized spacial score (nSPS) is 50.7. The van der Waals surface area contributed by atoms with Crippen LogP contribution in [0, 0.1) is 35.5 Å². The predicted octanol–water partition coefficient (Wildman–Crippen LogP) is 2.00. The number of carbonyl (C=O) groups excluding carboxylic acids is 1. The van der Waals surface area contributed by atoms with Gasteiger partial charge in [0.05, 0.1) is 0 Å². The number of fused-ring (bicyclic) bond motifs is 5. The van der Waals surface area contributed by atoms with E-state index < -0.39 is 5.72 Å². The molecule has 1 heterocycles. The van der Waals surface area contributed by atoms with Gasteiger partial charge < -0.3 is 15.1 Å². The average Bonchev–Trinajstić information content (AvgIpc) is 3.17. The molecule has 4 heteroatoms. The molecule has 2 bridgehead atoms. The number of rotatable bonds is 3. The van der Waals surface area contributed by atoms with Crippen LogP contribution >= 0.6 is 0 Å². The van der Waals surface area contributed by atoms with Gasteiger partial charge in [0.1, 0.15) is 5.72 Å². The minimum atomic E-state index is -0.973. The molecule has 0 aromatic rings. The maximum absolute atomic E-state index is 13.0. The number of aliphatic hydroxyl groups is 2. The Morgan fingerprint density at radius 3 is 2.50 bits per heavy atom. The average molecular weight is 307 g/mol. The Balaban J connectivity index is 1.55. The van der Waals surface area contributed by atoms with Crippen molar-refractivity contribution in [2.24, 2.45) is 35.5 Å². The van der Waals surface area contributed by atoms with Crippen molar-refractivity contribution >= 4 is 5.91 Å². The Kier molecular flexibility index (Phi) is 3.53. The van der Waals surface area contributed by atoms with E-state index in [4.69, 9.17) is 0 Å². The lowest BCUT2D eigenvalue weighted by molar-refractivity contribution is -0.152. The van der Waals surface area contributed by atoms with Gasteiger partial charge in [0.15, 0.2) is 0 Å². The molecule has 3 saturated carbocycles. The molecule has 2 N–H and O–H groups in total. The SMILES string of the molecule is CC1(O)C2C3CCC(C3)C2C(=O)N1CC1CCCCC1CO. The summed E-state index contributed by atoms with van der Waals surface area (Å²) >= 11 is 0. The van der Waals surface area contributed by atoms with Crippen LogP contribution in [0.2, 0.25) is 0 Å². The van der Waals surface area contributed by atoms with Crippen molar-refractivity contribution in [3.8, 4) is 0 Å². The van der Waals surface area contributed by atoms with E-state index in [1.165, 1.54) is 25.7 Å². The predicted molar refractivity (Wildman–Crippen MR) is 82.7 cm³/mol. The van der Waals surface area contributed by atoms with E-state index in [1.54, 1.807) is 4.90 Å². The van der Waals surface area contributed by atoms with Gasteiger partial charge in [-0.15, -0.1) is 0 Å². The lowest BCUT2D eigenvalue weighted by Gasteiger charge is -2.40. The molecule has 4 nitrogen and oxygen atoms in total. The second-order valence-electron chi connectivity index (χ2n) is 8.41. The third-order valence-electron chi connectivity index (χ3n) is 7.36. The molecule has 4 aliphatic rings. The van der Waals surface area contributed by atoms with Gasteiger partial charge in [0, 0.05) is 25.0 Å². The first-order valence-electron chi connectivity index (χ1n) is 9.18. The van der Waals surface area contributed by atoms with E-state index in [2.05, 4.69) is 0 Å². The highest BCUT2D eigenvalue weighted by Crippen LogP contribution is 2.60. The Morgan fingerprint density at radius 2 is 1.82 bits per heavy atom. The number of carbonyl (C=O) groups is 1. The molecule has 124 valence electrons. The summed E-state index contributed by atoms with van der Waals surface area (Å²) in [4.78, 5) is 14.8. The van der Waals surface area contributed by atoms with Crippen LogP contribution < -0.4 is 0 Å². The lowest BCUT2D eigenvalue weighted by Crippen LogP contribution is -2.51. The van der Waals surface area contributed by atoms with Crippen molar-refractivity contribution in [1.82, 2.24) is 4.90 Å². The molecule has 1 amide bonds. The van der Waals surface area contributed by atoms with Crippen molar-refractivity contribution in [2.75, 3.05) is 13.2 Å². The van der Waals surface area contributed by atoms with Gasteiger partial charge in [-0.25, -0.2) is 0 Å². The smallest absolute Gasteiger partial charge is 0.228 e. The molecule has 0 radical (unpaired) electrons. The summed E-state index contributed by atoms with van der Waals surface area (Å²) in [6.07, 6.45) is 8.01. The van der Waals surface area contributed by atoms with Crippen LogP contribution in [0.25, 0.3) is 0 Å². The molecule has 1 aliphatic heterocycles. The Labute approximate surface area is 132 Å². The largest absolute Gasteiger partial charge is 0.396 e. The van der Waals surface area contributed by atoms with Crippen LogP contribution in [0.15, 0.2) is 0 Å². The van der Waals surface area contributed by atoms with Crippen LogP contribution in [-0.2, 0) is 4.79 Å². The topological polar surface area (TPSA) is 60.8 Å². The number of hydrogen-bond acceptors (Lipinski definition) is 3. The first kappa shape index (κ1) is 14.9. The van der Waals surface area contributed by atoms with Gasteiger partial charge in [0.2, 0.25) is 5.91 Å². The van der Waals surface area contributed by atoms with Crippen LogP contribution in [0.1, 0.15) is 51.9 Å². The van der Waals surface area contributed by atoms with Crippen LogP contribution in [0.4, 0.5) is 0 Å². The van der Waals surface area contributed by atoms with Gasteiger partial charge in [-0.3, -0.25) is 4.79 Å². The minimum absolute atomic E-state index is 0.0740. The molecule has 3 aliphatic carbocycles.